The van der Waals surface area contributed by atoms with Crippen molar-refractivity contribution >= 4 is 0 Å². The predicted molar refractivity (Wildman–Crippen MR) is 93.1 cm³/mol. The Hall–Kier alpha value is -3.58. The third kappa shape index (κ3) is 2.96. The highest BCUT2D eigenvalue weighted by Gasteiger charge is 1.96. The summed E-state index contributed by atoms with van der Waals surface area (Å²) in [6.45, 7) is 0. The van der Waals surface area contributed by atoms with Gasteiger partial charge in [0.2, 0.25) is 0 Å². The van der Waals surface area contributed by atoms with Gasteiger partial charge in [-0.25, -0.2) is 9.97 Å². The van der Waals surface area contributed by atoms with Crippen molar-refractivity contribution in [3.05, 3.63) is 97.1 Å². The molecule has 4 aromatic rings. The second-order valence-electron chi connectivity index (χ2n) is 5.28. The molecule has 0 aliphatic heterocycles. The van der Waals surface area contributed by atoms with Crippen molar-refractivity contribution in [2.24, 2.45) is 0 Å². The maximum Gasteiger partial charge on any atom is 0.0991 e. The van der Waals surface area contributed by atoms with Crippen LogP contribution in [0.2, 0.25) is 0 Å². The van der Waals surface area contributed by atoms with Crippen LogP contribution in [0.25, 0.3) is 11.4 Å². The van der Waals surface area contributed by atoms with Gasteiger partial charge in [0.1, 0.15) is 0 Å². The van der Waals surface area contributed by atoms with Crippen LogP contribution in [0, 0.1) is 11.8 Å². The van der Waals surface area contributed by atoms with Gasteiger partial charge < -0.3 is 9.13 Å². The van der Waals surface area contributed by atoms with Crippen LogP contribution in [-0.2, 0) is 0 Å². The smallest absolute Gasteiger partial charge is 0.0991 e. The lowest BCUT2D eigenvalue weighted by Gasteiger charge is -2.01. The molecule has 0 saturated carbocycles. The van der Waals surface area contributed by atoms with E-state index in [-0.39, 0.29) is 0 Å². The average Bonchev–Trinajstić information content (AvgIpc) is 3.34. The molecular formula is C20H14N4. The lowest BCUT2D eigenvalue weighted by atomic mass is 10.1. The summed E-state index contributed by atoms with van der Waals surface area (Å²) in [5, 5.41) is 0. The fraction of sp³-hybridized carbons (Fsp3) is 0. The topological polar surface area (TPSA) is 35.6 Å². The maximum absolute atomic E-state index is 4.05. The van der Waals surface area contributed by atoms with Crippen LogP contribution < -0.4 is 0 Å². The minimum Gasteiger partial charge on any atom is -0.306 e. The maximum atomic E-state index is 4.05. The molecule has 4 nitrogen and oxygen atoms in total. The summed E-state index contributed by atoms with van der Waals surface area (Å²) in [7, 11) is 0. The second kappa shape index (κ2) is 6.27. The molecule has 114 valence electrons. The molecular weight excluding hydrogens is 296 g/mol. The lowest BCUT2D eigenvalue weighted by molar-refractivity contribution is 1.06. The summed E-state index contributed by atoms with van der Waals surface area (Å²) >= 11 is 0. The molecule has 0 amide bonds. The number of nitrogens with zero attached hydrogens (tertiary/aromatic N) is 4. The van der Waals surface area contributed by atoms with Crippen LogP contribution in [0.4, 0.5) is 0 Å². The van der Waals surface area contributed by atoms with E-state index in [1.165, 1.54) is 0 Å². The summed E-state index contributed by atoms with van der Waals surface area (Å²) in [6.07, 6.45) is 10.9. The number of rotatable bonds is 2. The van der Waals surface area contributed by atoms with Gasteiger partial charge in [0.05, 0.1) is 12.7 Å². The van der Waals surface area contributed by atoms with E-state index in [2.05, 4.69) is 21.8 Å². The first-order valence-corrected chi connectivity index (χ1v) is 7.57. The van der Waals surface area contributed by atoms with Gasteiger partial charge in [0, 0.05) is 47.3 Å². The van der Waals surface area contributed by atoms with Crippen molar-refractivity contribution in [2.75, 3.05) is 0 Å². The Balaban J connectivity index is 1.51. The van der Waals surface area contributed by atoms with E-state index in [0.717, 1.165) is 22.5 Å². The van der Waals surface area contributed by atoms with E-state index in [9.17, 15) is 0 Å². The molecule has 0 fully saturated rings. The summed E-state index contributed by atoms with van der Waals surface area (Å²) in [5.41, 5.74) is 4.11. The van der Waals surface area contributed by atoms with E-state index in [1.54, 1.807) is 25.0 Å². The van der Waals surface area contributed by atoms with Crippen LogP contribution in [-0.4, -0.2) is 19.1 Å². The van der Waals surface area contributed by atoms with Gasteiger partial charge in [-0.2, -0.15) is 0 Å². The fourth-order valence-electron chi connectivity index (χ4n) is 2.40. The van der Waals surface area contributed by atoms with Gasteiger partial charge in [-0.05, 0) is 48.5 Å². The molecule has 0 atom stereocenters. The molecule has 2 aromatic carbocycles. The summed E-state index contributed by atoms with van der Waals surface area (Å²) in [5.74, 6) is 6.39. The summed E-state index contributed by atoms with van der Waals surface area (Å²) < 4.78 is 3.93. The van der Waals surface area contributed by atoms with Gasteiger partial charge in [-0.3, -0.25) is 0 Å². The van der Waals surface area contributed by atoms with Gasteiger partial charge in [0.25, 0.3) is 0 Å². The predicted octanol–water partition coefficient (Wildman–Crippen LogP) is 3.46. The standard InChI is InChI=1S/C20H14N4/c1(17-3-7-19(8-4-17)23-13-11-21-15-23)2-18-5-9-20(10-6-18)24-14-12-22-16-24/h3-16H. The van der Waals surface area contributed by atoms with E-state index < -0.39 is 0 Å². The quantitative estimate of drug-likeness (QED) is 0.532. The van der Waals surface area contributed by atoms with E-state index in [0.29, 0.717) is 0 Å². The second-order valence-corrected chi connectivity index (χ2v) is 5.28. The Morgan fingerprint density at radius 1 is 0.583 bits per heavy atom. The van der Waals surface area contributed by atoms with Gasteiger partial charge in [0.15, 0.2) is 0 Å². The molecule has 24 heavy (non-hydrogen) atoms. The molecule has 0 bridgehead atoms. The lowest BCUT2D eigenvalue weighted by Crippen LogP contribution is -1.89. The molecule has 2 heterocycles. The third-order valence-corrected chi connectivity index (χ3v) is 3.69. The van der Waals surface area contributed by atoms with Crippen LogP contribution in [0.3, 0.4) is 0 Å². The number of benzene rings is 2. The van der Waals surface area contributed by atoms with E-state index in [4.69, 9.17) is 0 Å². The van der Waals surface area contributed by atoms with Crippen LogP contribution in [0.15, 0.2) is 86.0 Å². The van der Waals surface area contributed by atoms with E-state index in [1.807, 2.05) is 70.1 Å². The molecule has 0 unspecified atom stereocenters. The summed E-state index contributed by atoms with van der Waals surface area (Å²) in [4.78, 5) is 8.10. The van der Waals surface area contributed by atoms with Crippen molar-refractivity contribution in [2.45, 2.75) is 0 Å². The average molecular weight is 310 g/mol. The van der Waals surface area contributed by atoms with Crippen LogP contribution >= 0.6 is 0 Å². The molecule has 4 rings (SSSR count). The van der Waals surface area contributed by atoms with Crippen molar-refractivity contribution in [1.82, 2.24) is 19.1 Å². The van der Waals surface area contributed by atoms with Crippen LogP contribution in [0.5, 0.6) is 0 Å². The molecule has 0 aliphatic carbocycles. The van der Waals surface area contributed by atoms with Gasteiger partial charge >= 0.3 is 0 Å². The van der Waals surface area contributed by atoms with Crippen molar-refractivity contribution in [1.29, 1.82) is 0 Å². The largest absolute Gasteiger partial charge is 0.306 e. The highest BCUT2D eigenvalue weighted by Crippen LogP contribution is 2.10. The SMILES string of the molecule is C(#Cc1ccc(-n2ccnc2)cc1)c1ccc(-n2ccnc2)cc1. The molecule has 0 radical (unpaired) electrons. The Kier molecular flexibility index (Phi) is 3.67. The Labute approximate surface area is 140 Å². The molecule has 0 saturated heterocycles. The van der Waals surface area contributed by atoms with Crippen molar-refractivity contribution < 1.29 is 0 Å². The number of imidazole rings is 2. The Morgan fingerprint density at radius 2 is 1.00 bits per heavy atom. The minimum atomic E-state index is 0.984. The normalized spacial score (nSPS) is 10.2. The number of hydrogen-bond donors (Lipinski definition) is 0. The molecule has 0 aliphatic rings. The van der Waals surface area contributed by atoms with Gasteiger partial charge in [-0.15, -0.1) is 0 Å². The first-order chi connectivity index (χ1) is 11.9. The molecule has 2 aromatic heterocycles. The Bertz CT molecular complexity index is 887. The zero-order chi connectivity index (χ0) is 16.2. The fourth-order valence-corrected chi connectivity index (χ4v) is 2.40. The number of hydrogen-bond acceptors (Lipinski definition) is 2. The molecule has 0 N–H and O–H groups in total. The minimum absolute atomic E-state index is 0.984. The zero-order valence-electron chi connectivity index (χ0n) is 12.9. The number of aromatic nitrogens is 4. The van der Waals surface area contributed by atoms with E-state index >= 15 is 0 Å². The highest BCUT2D eigenvalue weighted by molar-refractivity contribution is 5.47. The van der Waals surface area contributed by atoms with Crippen molar-refractivity contribution in [3.63, 3.8) is 0 Å². The Morgan fingerprint density at radius 3 is 1.33 bits per heavy atom. The zero-order valence-corrected chi connectivity index (χ0v) is 12.9. The summed E-state index contributed by atoms with van der Waals surface area (Å²) in [6, 6.07) is 16.2. The van der Waals surface area contributed by atoms with Crippen LogP contribution in [0.1, 0.15) is 11.1 Å². The van der Waals surface area contributed by atoms with Gasteiger partial charge in [-0.1, -0.05) is 11.8 Å². The first-order valence-electron chi connectivity index (χ1n) is 7.57. The highest BCUT2D eigenvalue weighted by atomic mass is 15.0. The first kappa shape index (κ1) is 14.0. The third-order valence-electron chi connectivity index (χ3n) is 3.69. The van der Waals surface area contributed by atoms with Crippen molar-refractivity contribution in [3.8, 4) is 23.2 Å². The molecule has 4 heteroatoms. The monoisotopic (exact) mass is 310 g/mol. The molecule has 0 spiro atoms.